The highest BCUT2D eigenvalue weighted by atomic mass is 14.3. The maximum Gasteiger partial charge on any atom is 0.0700 e. The highest BCUT2D eigenvalue weighted by Gasteiger charge is 2.18. The minimum atomic E-state index is 0.139. The van der Waals surface area contributed by atoms with Gasteiger partial charge in [-0.1, -0.05) is 38.8 Å². The second-order valence-electron chi connectivity index (χ2n) is 4.71. The maximum atomic E-state index is 9.06. The van der Waals surface area contributed by atoms with Gasteiger partial charge >= 0.3 is 0 Å². The average molecular weight is 191 g/mol. The van der Waals surface area contributed by atoms with E-state index in [1.807, 2.05) is 0 Å². The van der Waals surface area contributed by atoms with Gasteiger partial charge in [-0.15, -0.1) is 0 Å². The molecule has 1 nitrogen and oxygen atoms in total. The molecule has 0 aliphatic heterocycles. The lowest BCUT2D eigenvalue weighted by molar-refractivity contribution is 0.488. The van der Waals surface area contributed by atoms with E-state index in [1.165, 1.54) is 24.8 Å². The van der Waals surface area contributed by atoms with Gasteiger partial charge in [0.05, 0.1) is 12.0 Å². The van der Waals surface area contributed by atoms with Gasteiger partial charge in [0.2, 0.25) is 0 Å². The van der Waals surface area contributed by atoms with Crippen molar-refractivity contribution in [3.8, 4) is 6.07 Å². The molecule has 1 saturated carbocycles. The molecular weight excluding hydrogens is 170 g/mol. The van der Waals surface area contributed by atoms with Crippen LogP contribution in [0, 0.1) is 29.1 Å². The van der Waals surface area contributed by atoms with Crippen LogP contribution in [0.25, 0.3) is 0 Å². The van der Waals surface area contributed by atoms with Gasteiger partial charge in [-0.25, -0.2) is 0 Å². The summed E-state index contributed by atoms with van der Waals surface area (Å²) in [5.74, 6) is 1.47. The van der Waals surface area contributed by atoms with E-state index >= 15 is 0 Å². The summed E-state index contributed by atoms with van der Waals surface area (Å²) in [5.41, 5.74) is 1.52. The van der Waals surface area contributed by atoms with Crippen molar-refractivity contribution in [1.29, 1.82) is 5.26 Å². The Hall–Kier alpha value is -0.770. The van der Waals surface area contributed by atoms with Crippen molar-refractivity contribution in [2.75, 3.05) is 0 Å². The number of rotatable bonds is 3. The first-order valence-electron chi connectivity index (χ1n) is 5.76. The number of hydrogen-bond donors (Lipinski definition) is 0. The average Bonchev–Trinajstić information content (AvgIpc) is 2.59. The number of nitrogens with zero attached hydrogens (tertiary/aromatic N) is 1. The second-order valence-corrected chi connectivity index (χ2v) is 4.71. The normalized spacial score (nSPS) is 28.7. The van der Waals surface area contributed by atoms with Gasteiger partial charge in [-0.05, 0) is 31.1 Å². The fourth-order valence-electron chi connectivity index (χ4n) is 2.07. The Labute approximate surface area is 87.8 Å². The fraction of sp³-hybridized carbons (Fsp3) is 0.769. The molecule has 0 radical (unpaired) electrons. The maximum absolute atomic E-state index is 9.06. The Morgan fingerprint density at radius 2 is 2.36 bits per heavy atom. The molecule has 0 spiro atoms. The first-order chi connectivity index (χ1) is 6.67. The lowest BCUT2D eigenvalue weighted by Crippen LogP contribution is -2.06. The van der Waals surface area contributed by atoms with E-state index in [4.69, 9.17) is 5.26 Å². The number of nitriles is 1. The third kappa shape index (κ3) is 2.87. The molecule has 2 unspecified atom stereocenters. The molecule has 14 heavy (non-hydrogen) atoms. The molecular formula is C13H21N. The van der Waals surface area contributed by atoms with Crippen molar-refractivity contribution in [3.63, 3.8) is 0 Å². The molecule has 1 rings (SSSR count). The molecule has 1 fully saturated rings. The van der Waals surface area contributed by atoms with Crippen LogP contribution in [0.3, 0.4) is 0 Å². The van der Waals surface area contributed by atoms with Crippen molar-refractivity contribution in [2.24, 2.45) is 17.8 Å². The van der Waals surface area contributed by atoms with Crippen LogP contribution in [0.2, 0.25) is 0 Å². The summed E-state index contributed by atoms with van der Waals surface area (Å²) in [6.45, 7) is 6.62. The molecule has 78 valence electrons. The largest absolute Gasteiger partial charge is 0.198 e. The van der Waals surface area contributed by atoms with Crippen molar-refractivity contribution < 1.29 is 0 Å². The number of allylic oxidation sites excluding steroid dienone is 2. The number of hydrogen-bond acceptors (Lipinski definition) is 1. The summed E-state index contributed by atoms with van der Waals surface area (Å²) < 4.78 is 0. The Balaban J connectivity index is 2.60. The summed E-state index contributed by atoms with van der Waals surface area (Å²) in [4.78, 5) is 0. The van der Waals surface area contributed by atoms with Crippen molar-refractivity contribution in [3.05, 3.63) is 11.6 Å². The van der Waals surface area contributed by atoms with Gasteiger partial charge in [0.25, 0.3) is 0 Å². The molecule has 1 aliphatic carbocycles. The van der Waals surface area contributed by atoms with Crippen molar-refractivity contribution >= 4 is 0 Å². The summed E-state index contributed by atoms with van der Waals surface area (Å²) >= 11 is 0. The summed E-state index contributed by atoms with van der Waals surface area (Å²) in [6.07, 6.45) is 7.07. The van der Waals surface area contributed by atoms with Crippen LogP contribution in [-0.4, -0.2) is 0 Å². The Kier molecular flexibility index (Phi) is 4.20. The topological polar surface area (TPSA) is 23.8 Å². The molecule has 0 saturated heterocycles. The Morgan fingerprint density at radius 1 is 1.64 bits per heavy atom. The van der Waals surface area contributed by atoms with Crippen LogP contribution in [0.5, 0.6) is 0 Å². The molecule has 0 aromatic heterocycles. The predicted octanol–water partition coefficient (Wildman–Crippen LogP) is 3.92. The zero-order valence-electron chi connectivity index (χ0n) is 9.59. The summed E-state index contributed by atoms with van der Waals surface area (Å²) in [7, 11) is 0. The monoisotopic (exact) mass is 191 g/mol. The van der Waals surface area contributed by atoms with E-state index in [9.17, 15) is 0 Å². The highest BCUT2D eigenvalue weighted by molar-refractivity contribution is 5.14. The van der Waals surface area contributed by atoms with Crippen LogP contribution in [0.15, 0.2) is 11.6 Å². The zero-order valence-corrected chi connectivity index (χ0v) is 9.59. The van der Waals surface area contributed by atoms with Crippen molar-refractivity contribution in [1.82, 2.24) is 0 Å². The van der Waals surface area contributed by atoms with Gasteiger partial charge in [-0.2, -0.15) is 5.26 Å². The quantitative estimate of drug-likeness (QED) is 0.620. The van der Waals surface area contributed by atoms with E-state index in [2.05, 4.69) is 32.9 Å². The molecule has 3 atom stereocenters. The van der Waals surface area contributed by atoms with Crippen LogP contribution in [0.1, 0.15) is 46.5 Å². The third-order valence-corrected chi connectivity index (χ3v) is 3.39. The van der Waals surface area contributed by atoms with Gasteiger partial charge in [0, 0.05) is 0 Å². The first kappa shape index (κ1) is 11.3. The second kappa shape index (κ2) is 5.20. The zero-order chi connectivity index (χ0) is 10.6. The van der Waals surface area contributed by atoms with Crippen LogP contribution >= 0.6 is 0 Å². The van der Waals surface area contributed by atoms with Crippen LogP contribution in [-0.2, 0) is 0 Å². The molecule has 0 bridgehead atoms. The molecule has 1 heteroatoms. The van der Waals surface area contributed by atoms with E-state index in [-0.39, 0.29) is 5.92 Å². The minimum absolute atomic E-state index is 0.139. The summed E-state index contributed by atoms with van der Waals surface area (Å²) in [6, 6.07) is 2.42. The Morgan fingerprint density at radius 3 is 2.79 bits per heavy atom. The van der Waals surface area contributed by atoms with Crippen molar-refractivity contribution in [2.45, 2.75) is 46.5 Å². The van der Waals surface area contributed by atoms with Gasteiger partial charge in [0.1, 0.15) is 0 Å². The van der Waals surface area contributed by atoms with Crippen LogP contribution in [0.4, 0.5) is 0 Å². The predicted molar refractivity (Wildman–Crippen MR) is 59.7 cm³/mol. The Bertz CT molecular complexity index is 246. The summed E-state index contributed by atoms with van der Waals surface area (Å²) in [5, 5.41) is 9.06. The van der Waals surface area contributed by atoms with Gasteiger partial charge in [0.15, 0.2) is 0 Å². The smallest absolute Gasteiger partial charge is 0.0700 e. The SMILES string of the molecule is CCC(C)[C@H](C#N)/C=C1/CCC(C)C1. The van der Waals surface area contributed by atoms with Gasteiger partial charge in [-0.3, -0.25) is 0 Å². The standard InChI is InChI=1S/C13H21N/c1-4-11(3)13(9-14)8-12-6-5-10(2)7-12/h8,10-11,13H,4-7H2,1-3H3/b12-8-/t10?,11?,13-/m0/s1. The molecule has 0 heterocycles. The first-order valence-corrected chi connectivity index (χ1v) is 5.76. The minimum Gasteiger partial charge on any atom is -0.198 e. The molecule has 0 aromatic carbocycles. The van der Waals surface area contributed by atoms with Gasteiger partial charge < -0.3 is 0 Å². The van der Waals surface area contributed by atoms with E-state index in [0.29, 0.717) is 5.92 Å². The van der Waals surface area contributed by atoms with Crippen LogP contribution < -0.4 is 0 Å². The van der Waals surface area contributed by atoms with E-state index < -0.39 is 0 Å². The lowest BCUT2D eigenvalue weighted by Gasteiger charge is -2.12. The third-order valence-electron chi connectivity index (χ3n) is 3.39. The molecule has 0 N–H and O–H groups in total. The molecule has 0 aromatic rings. The molecule has 1 aliphatic rings. The highest BCUT2D eigenvalue weighted by Crippen LogP contribution is 2.31. The lowest BCUT2D eigenvalue weighted by atomic mass is 9.91. The fourth-order valence-corrected chi connectivity index (χ4v) is 2.07. The van der Waals surface area contributed by atoms with E-state index in [0.717, 1.165) is 12.3 Å². The molecule has 0 amide bonds. The van der Waals surface area contributed by atoms with E-state index in [1.54, 1.807) is 0 Å².